The van der Waals surface area contributed by atoms with Crippen LogP contribution in [0.1, 0.15) is 18.5 Å². The van der Waals surface area contributed by atoms with E-state index >= 15 is 0 Å². The first-order valence-electron chi connectivity index (χ1n) is 4.16. The van der Waals surface area contributed by atoms with Gasteiger partial charge in [-0.15, -0.1) is 6.42 Å². The molecule has 1 aromatic carbocycles. The summed E-state index contributed by atoms with van der Waals surface area (Å²) < 4.78 is 5.25. The maximum atomic E-state index is 5.72. The van der Waals surface area contributed by atoms with Crippen molar-refractivity contribution in [1.82, 2.24) is 0 Å². The summed E-state index contributed by atoms with van der Waals surface area (Å²) in [5.41, 5.74) is 6.77. The number of nitrogens with two attached hydrogens (primary N) is 1. The van der Waals surface area contributed by atoms with Gasteiger partial charge in [0.2, 0.25) is 0 Å². The Morgan fingerprint density at radius 1 is 1.62 bits per heavy atom. The van der Waals surface area contributed by atoms with Crippen LogP contribution in [0.2, 0.25) is 0 Å². The van der Waals surface area contributed by atoms with E-state index in [1.54, 1.807) is 0 Å². The fourth-order valence-corrected chi connectivity index (χ4v) is 1.01. The molecule has 1 rings (SSSR count). The second-order valence-corrected chi connectivity index (χ2v) is 2.85. The number of hydrogen-bond donors (Lipinski definition) is 1. The number of ether oxygens (including phenoxy) is 1. The van der Waals surface area contributed by atoms with Crippen LogP contribution < -0.4 is 10.5 Å². The van der Waals surface area contributed by atoms with Crippen molar-refractivity contribution < 1.29 is 4.74 Å². The Morgan fingerprint density at radius 2 is 2.38 bits per heavy atom. The van der Waals surface area contributed by atoms with Gasteiger partial charge in [0.1, 0.15) is 12.4 Å². The summed E-state index contributed by atoms with van der Waals surface area (Å²) in [5, 5.41) is 0. The second-order valence-electron chi connectivity index (χ2n) is 2.85. The normalized spacial score (nSPS) is 11.8. The quantitative estimate of drug-likeness (QED) is 0.710. The molecule has 0 saturated carbocycles. The third kappa shape index (κ3) is 2.81. The van der Waals surface area contributed by atoms with Gasteiger partial charge in [0.05, 0.1) is 0 Å². The highest BCUT2D eigenvalue weighted by Crippen LogP contribution is 2.17. The Labute approximate surface area is 78.7 Å². The van der Waals surface area contributed by atoms with Crippen molar-refractivity contribution in [2.75, 3.05) is 6.61 Å². The van der Waals surface area contributed by atoms with E-state index in [2.05, 4.69) is 5.92 Å². The van der Waals surface area contributed by atoms with Crippen molar-refractivity contribution in [2.24, 2.45) is 5.73 Å². The van der Waals surface area contributed by atoms with Crippen LogP contribution in [0.3, 0.4) is 0 Å². The Bertz CT molecular complexity index is 312. The van der Waals surface area contributed by atoms with E-state index in [-0.39, 0.29) is 6.04 Å². The minimum absolute atomic E-state index is 0.0226. The molecule has 0 aliphatic carbocycles. The highest BCUT2D eigenvalue weighted by atomic mass is 16.5. The van der Waals surface area contributed by atoms with Gasteiger partial charge in [0, 0.05) is 6.04 Å². The Hall–Kier alpha value is -1.46. The van der Waals surface area contributed by atoms with Gasteiger partial charge in [-0.25, -0.2) is 0 Å². The molecule has 13 heavy (non-hydrogen) atoms. The fourth-order valence-electron chi connectivity index (χ4n) is 1.01. The van der Waals surface area contributed by atoms with E-state index in [1.165, 1.54) is 0 Å². The van der Waals surface area contributed by atoms with Crippen LogP contribution in [0.25, 0.3) is 0 Å². The number of hydrogen-bond acceptors (Lipinski definition) is 2. The molecule has 0 fully saturated rings. The summed E-state index contributed by atoms with van der Waals surface area (Å²) in [6.45, 7) is 2.22. The molecule has 0 amide bonds. The molecule has 2 nitrogen and oxygen atoms in total. The molecule has 1 aromatic rings. The number of benzene rings is 1. The molecule has 0 radical (unpaired) electrons. The molecule has 0 saturated heterocycles. The van der Waals surface area contributed by atoms with Gasteiger partial charge in [-0.1, -0.05) is 18.1 Å². The van der Waals surface area contributed by atoms with Crippen molar-refractivity contribution in [1.29, 1.82) is 0 Å². The van der Waals surface area contributed by atoms with Crippen molar-refractivity contribution >= 4 is 0 Å². The molecule has 0 heterocycles. The number of rotatable bonds is 3. The predicted molar refractivity (Wildman–Crippen MR) is 53.4 cm³/mol. The Kier molecular flexibility index (Phi) is 3.36. The van der Waals surface area contributed by atoms with Gasteiger partial charge in [-0.2, -0.15) is 0 Å². The van der Waals surface area contributed by atoms with Crippen LogP contribution in [0.15, 0.2) is 24.3 Å². The van der Waals surface area contributed by atoms with Gasteiger partial charge < -0.3 is 10.5 Å². The van der Waals surface area contributed by atoms with Crippen molar-refractivity contribution in [3.63, 3.8) is 0 Å². The van der Waals surface area contributed by atoms with E-state index in [0.717, 1.165) is 11.3 Å². The van der Waals surface area contributed by atoms with Gasteiger partial charge in [0.25, 0.3) is 0 Å². The first-order chi connectivity index (χ1) is 6.24. The molecular weight excluding hydrogens is 162 g/mol. The average molecular weight is 175 g/mol. The smallest absolute Gasteiger partial charge is 0.148 e. The average Bonchev–Trinajstić information content (AvgIpc) is 2.15. The lowest BCUT2D eigenvalue weighted by Crippen LogP contribution is -2.05. The van der Waals surface area contributed by atoms with Crippen LogP contribution in [-0.4, -0.2) is 6.61 Å². The highest BCUT2D eigenvalue weighted by Gasteiger charge is 1.99. The maximum Gasteiger partial charge on any atom is 0.148 e. The molecule has 0 spiro atoms. The van der Waals surface area contributed by atoms with Crippen LogP contribution in [0.4, 0.5) is 0 Å². The van der Waals surface area contributed by atoms with E-state index in [9.17, 15) is 0 Å². The van der Waals surface area contributed by atoms with E-state index < -0.39 is 0 Å². The fraction of sp³-hybridized carbons (Fsp3) is 0.273. The highest BCUT2D eigenvalue weighted by molar-refractivity contribution is 5.30. The molecule has 0 aromatic heterocycles. The van der Waals surface area contributed by atoms with Gasteiger partial charge in [-0.05, 0) is 24.6 Å². The standard InChI is InChI=1S/C11H13NO/c1-3-7-13-11-6-4-5-10(8-11)9(2)12/h1,4-6,8-9H,7,12H2,2H3/t9-/m0/s1. The summed E-state index contributed by atoms with van der Waals surface area (Å²) in [6.07, 6.45) is 5.07. The van der Waals surface area contributed by atoms with Gasteiger partial charge in [0.15, 0.2) is 0 Å². The molecule has 0 aliphatic heterocycles. The molecule has 1 atom stereocenters. The van der Waals surface area contributed by atoms with Gasteiger partial charge in [-0.3, -0.25) is 0 Å². The second kappa shape index (κ2) is 4.54. The first-order valence-corrected chi connectivity index (χ1v) is 4.16. The summed E-state index contributed by atoms with van der Waals surface area (Å²) >= 11 is 0. The van der Waals surface area contributed by atoms with Crippen LogP contribution >= 0.6 is 0 Å². The van der Waals surface area contributed by atoms with E-state index in [1.807, 2.05) is 31.2 Å². The zero-order valence-electron chi connectivity index (χ0n) is 7.66. The van der Waals surface area contributed by atoms with E-state index in [4.69, 9.17) is 16.9 Å². The lowest BCUT2D eigenvalue weighted by atomic mass is 10.1. The Morgan fingerprint density at radius 3 is 3.00 bits per heavy atom. The van der Waals surface area contributed by atoms with Crippen LogP contribution in [0, 0.1) is 12.3 Å². The summed E-state index contributed by atoms with van der Waals surface area (Å²) in [4.78, 5) is 0. The molecule has 2 heteroatoms. The summed E-state index contributed by atoms with van der Waals surface area (Å²) in [5.74, 6) is 3.18. The molecule has 68 valence electrons. The third-order valence-electron chi connectivity index (χ3n) is 1.71. The zero-order valence-corrected chi connectivity index (χ0v) is 7.66. The SMILES string of the molecule is C#CCOc1cccc([C@H](C)N)c1. The first kappa shape index (κ1) is 9.63. The van der Waals surface area contributed by atoms with Crippen molar-refractivity contribution in [2.45, 2.75) is 13.0 Å². The topological polar surface area (TPSA) is 35.2 Å². The minimum atomic E-state index is 0.0226. The zero-order chi connectivity index (χ0) is 9.68. The lowest BCUT2D eigenvalue weighted by molar-refractivity contribution is 0.370. The van der Waals surface area contributed by atoms with Crippen molar-refractivity contribution in [3.8, 4) is 18.1 Å². The Balaban J connectivity index is 2.75. The molecule has 0 unspecified atom stereocenters. The van der Waals surface area contributed by atoms with Crippen molar-refractivity contribution in [3.05, 3.63) is 29.8 Å². The molecular formula is C11H13NO. The monoisotopic (exact) mass is 175 g/mol. The van der Waals surface area contributed by atoms with E-state index in [0.29, 0.717) is 6.61 Å². The summed E-state index contributed by atoms with van der Waals surface area (Å²) in [7, 11) is 0. The summed E-state index contributed by atoms with van der Waals surface area (Å²) in [6, 6.07) is 7.66. The third-order valence-corrected chi connectivity index (χ3v) is 1.71. The van der Waals surface area contributed by atoms with Gasteiger partial charge >= 0.3 is 0 Å². The number of terminal acetylenes is 1. The molecule has 0 bridgehead atoms. The van der Waals surface area contributed by atoms with Crippen LogP contribution in [-0.2, 0) is 0 Å². The van der Waals surface area contributed by atoms with Crippen LogP contribution in [0.5, 0.6) is 5.75 Å². The maximum absolute atomic E-state index is 5.72. The lowest BCUT2D eigenvalue weighted by Gasteiger charge is -2.07. The minimum Gasteiger partial charge on any atom is -0.481 e. The largest absolute Gasteiger partial charge is 0.481 e. The molecule has 2 N–H and O–H groups in total. The predicted octanol–water partition coefficient (Wildman–Crippen LogP) is 1.72. The molecule has 0 aliphatic rings.